The third kappa shape index (κ3) is 3.80. The number of nitrogens with one attached hydrogen (secondary N) is 1. The lowest BCUT2D eigenvalue weighted by molar-refractivity contribution is 0.101. The number of aromatic nitrogens is 2. The Labute approximate surface area is 143 Å². The van der Waals surface area contributed by atoms with Crippen LogP contribution in [0.3, 0.4) is 0 Å². The van der Waals surface area contributed by atoms with Crippen LogP contribution in [0.15, 0.2) is 41.1 Å². The smallest absolute Gasteiger partial charge is 0.279 e. The number of carbonyl (C=O) groups excluding carboxylic acids is 1. The fraction of sp³-hybridized carbons (Fsp3) is 0.235. The van der Waals surface area contributed by atoms with Crippen LogP contribution in [0.4, 0.5) is 5.13 Å². The van der Waals surface area contributed by atoms with Crippen LogP contribution in [0.5, 0.6) is 5.75 Å². The van der Waals surface area contributed by atoms with Gasteiger partial charge in [-0.15, -0.1) is 11.3 Å². The lowest BCUT2D eigenvalue weighted by atomic mass is 10.1. The Morgan fingerprint density at radius 1 is 1.29 bits per heavy atom. The Balaban J connectivity index is 1.71. The molecule has 0 aliphatic carbocycles. The molecule has 3 rings (SSSR count). The predicted octanol–water partition coefficient (Wildman–Crippen LogP) is 4.15. The van der Waals surface area contributed by atoms with Gasteiger partial charge in [0, 0.05) is 22.7 Å². The average molecular weight is 343 g/mol. The highest BCUT2D eigenvalue weighted by Crippen LogP contribution is 2.24. The minimum atomic E-state index is -0.348. The number of ether oxygens (including phenoxy) is 1. The molecular formula is C17H17N3O3S. The molecule has 0 bridgehead atoms. The van der Waals surface area contributed by atoms with Crippen molar-refractivity contribution in [2.24, 2.45) is 0 Å². The van der Waals surface area contributed by atoms with E-state index in [9.17, 15) is 4.79 Å². The molecule has 0 aliphatic heterocycles. The van der Waals surface area contributed by atoms with Gasteiger partial charge in [-0.3, -0.25) is 10.1 Å². The summed E-state index contributed by atoms with van der Waals surface area (Å²) in [6, 6.07) is 9.05. The largest absolute Gasteiger partial charge is 0.491 e. The maximum absolute atomic E-state index is 12.2. The number of hydrogen-bond acceptors (Lipinski definition) is 6. The zero-order valence-electron chi connectivity index (χ0n) is 13.6. The molecule has 1 amide bonds. The van der Waals surface area contributed by atoms with E-state index in [-0.39, 0.29) is 17.7 Å². The van der Waals surface area contributed by atoms with Gasteiger partial charge in [0.25, 0.3) is 5.91 Å². The van der Waals surface area contributed by atoms with Crippen LogP contribution >= 0.6 is 11.3 Å². The van der Waals surface area contributed by atoms with E-state index >= 15 is 0 Å². The van der Waals surface area contributed by atoms with Gasteiger partial charge in [-0.05, 0) is 45.0 Å². The van der Waals surface area contributed by atoms with Crippen molar-refractivity contribution in [2.75, 3.05) is 5.32 Å². The highest BCUT2D eigenvalue weighted by molar-refractivity contribution is 7.15. The lowest BCUT2D eigenvalue weighted by Crippen LogP contribution is -2.11. The first-order valence-electron chi connectivity index (χ1n) is 7.49. The van der Waals surface area contributed by atoms with E-state index in [1.807, 2.05) is 45.0 Å². The molecule has 1 aromatic carbocycles. The molecule has 6 nitrogen and oxygen atoms in total. The molecule has 0 radical (unpaired) electrons. The number of benzene rings is 1. The van der Waals surface area contributed by atoms with E-state index in [0.717, 1.165) is 16.2 Å². The Kier molecular flexibility index (Phi) is 4.61. The van der Waals surface area contributed by atoms with E-state index < -0.39 is 0 Å². The van der Waals surface area contributed by atoms with Crippen LogP contribution in [-0.4, -0.2) is 22.2 Å². The Bertz CT molecular complexity index is 837. The number of thiazole rings is 1. The van der Waals surface area contributed by atoms with Crippen molar-refractivity contribution in [2.45, 2.75) is 26.9 Å². The van der Waals surface area contributed by atoms with Crippen molar-refractivity contribution < 1.29 is 14.1 Å². The van der Waals surface area contributed by atoms with Gasteiger partial charge in [0.15, 0.2) is 16.6 Å². The molecule has 124 valence electrons. The summed E-state index contributed by atoms with van der Waals surface area (Å²) in [4.78, 5) is 17.3. The molecule has 1 N–H and O–H groups in total. The first-order chi connectivity index (χ1) is 11.5. The van der Waals surface area contributed by atoms with Crippen molar-refractivity contribution in [1.82, 2.24) is 10.1 Å². The van der Waals surface area contributed by atoms with Crippen molar-refractivity contribution in [3.63, 3.8) is 0 Å². The van der Waals surface area contributed by atoms with Crippen LogP contribution in [0, 0.1) is 6.92 Å². The van der Waals surface area contributed by atoms with Crippen LogP contribution in [-0.2, 0) is 0 Å². The molecule has 24 heavy (non-hydrogen) atoms. The van der Waals surface area contributed by atoms with Crippen LogP contribution in [0.2, 0.25) is 0 Å². The van der Waals surface area contributed by atoms with E-state index in [1.165, 1.54) is 11.3 Å². The highest BCUT2D eigenvalue weighted by Gasteiger charge is 2.15. The predicted molar refractivity (Wildman–Crippen MR) is 92.5 cm³/mol. The summed E-state index contributed by atoms with van der Waals surface area (Å²) < 4.78 is 10.9. The molecule has 7 heteroatoms. The van der Waals surface area contributed by atoms with E-state index in [1.54, 1.807) is 12.3 Å². The summed E-state index contributed by atoms with van der Waals surface area (Å²) in [5, 5.41) is 7.06. The second-order valence-corrected chi connectivity index (χ2v) is 6.73. The fourth-order valence-electron chi connectivity index (χ4n) is 2.06. The number of anilines is 1. The summed E-state index contributed by atoms with van der Waals surface area (Å²) in [6.07, 6.45) is 1.82. The summed E-state index contributed by atoms with van der Waals surface area (Å²) in [7, 11) is 0. The number of amides is 1. The molecule has 0 spiro atoms. The molecule has 0 fully saturated rings. The quantitative estimate of drug-likeness (QED) is 0.753. The van der Waals surface area contributed by atoms with Crippen LogP contribution in [0.25, 0.3) is 11.3 Å². The number of aryl methyl sites for hydroxylation is 1. The lowest BCUT2D eigenvalue weighted by Gasteiger charge is -2.09. The Morgan fingerprint density at radius 2 is 2.04 bits per heavy atom. The van der Waals surface area contributed by atoms with Gasteiger partial charge in [0.05, 0.1) is 6.10 Å². The van der Waals surface area contributed by atoms with Crippen molar-refractivity contribution >= 4 is 22.4 Å². The topological polar surface area (TPSA) is 77.2 Å². The minimum Gasteiger partial charge on any atom is -0.491 e. The molecular weight excluding hydrogens is 326 g/mol. The van der Waals surface area contributed by atoms with Gasteiger partial charge in [0.1, 0.15) is 5.75 Å². The SMILES string of the molecule is Cc1cnc(NC(=O)c2cc(-c3ccc(OC(C)C)cc3)on2)s1. The first kappa shape index (κ1) is 16.2. The van der Waals surface area contributed by atoms with Gasteiger partial charge in [-0.25, -0.2) is 4.98 Å². The fourth-order valence-corrected chi connectivity index (χ4v) is 2.72. The van der Waals surface area contributed by atoms with E-state index in [4.69, 9.17) is 9.26 Å². The van der Waals surface area contributed by atoms with Gasteiger partial charge in [-0.2, -0.15) is 0 Å². The van der Waals surface area contributed by atoms with E-state index in [0.29, 0.717) is 10.9 Å². The molecule has 2 aromatic heterocycles. The van der Waals surface area contributed by atoms with Crippen molar-refractivity contribution in [3.8, 4) is 17.1 Å². The normalized spacial score (nSPS) is 10.8. The molecule has 0 aliphatic rings. The number of nitrogens with zero attached hydrogens (tertiary/aromatic N) is 2. The standard InChI is InChI=1S/C17H17N3O3S/c1-10(2)22-13-6-4-12(5-7-13)15-8-14(20-23-15)16(21)19-17-18-9-11(3)24-17/h4-10H,1-3H3,(H,18,19,21). The molecule has 0 unspecified atom stereocenters. The van der Waals surface area contributed by atoms with Crippen molar-refractivity contribution in [3.05, 3.63) is 47.1 Å². The zero-order chi connectivity index (χ0) is 17.1. The monoisotopic (exact) mass is 343 g/mol. The van der Waals surface area contributed by atoms with Gasteiger partial charge >= 0.3 is 0 Å². The maximum atomic E-state index is 12.2. The first-order valence-corrected chi connectivity index (χ1v) is 8.30. The van der Waals surface area contributed by atoms with Gasteiger partial charge in [0.2, 0.25) is 0 Å². The number of rotatable bonds is 5. The summed E-state index contributed by atoms with van der Waals surface area (Å²) in [5.74, 6) is 0.955. The third-order valence-electron chi connectivity index (χ3n) is 3.10. The number of carbonyl (C=O) groups is 1. The average Bonchev–Trinajstić information content (AvgIpc) is 3.17. The van der Waals surface area contributed by atoms with E-state index in [2.05, 4.69) is 15.5 Å². The van der Waals surface area contributed by atoms with Gasteiger partial charge < -0.3 is 9.26 Å². The maximum Gasteiger partial charge on any atom is 0.279 e. The minimum absolute atomic E-state index is 0.117. The van der Waals surface area contributed by atoms with Crippen molar-refractivity contribution in [1.29, 1.82) is 0 Å². The molecule has 0 saturated heterocycles. The van der Waals surface area contributed by atoms with Crippen LogP contribution < -0.4 is 10.1 Å². The molecule has 2 heterocycles. The second-order valence-electron chi connectivity index (χ2n) is 5.50. The van der Waals surface area contributed by atoms with Crippen LogP contribution in [0.1, 0.15) is 29.2 Å². The molecule has 3 aromatic rings. The number of hydrogen-bond donors (Lipinski definition) is 1. The second kappa shape index (κ2) is 6.84. The Morgan fingerprint density at radius 3 is 2.67 bits per heavy atom. The molecule has 0 saturated carbocycles. The Hall–Kier alpha value is -2.67. The molecule has 0 atom stereocenters. The van der Waals surface area contributed by atoms with Gasteiger partial charge in [-0.1, -0.05) is 5.16 Å². The third-order valence-corrected chi connectivity index (χ3v) is 3.92. The summed E-state index contributed by atoms with van der Waals surface area (Å²) in [6.45, 7) is 5.87. The summed E-state index contributed by atoms with van der Waals surface area (Å²) >= 11 is 1.40. The zero-order valence-corrected chi connectivity index (χ0v) is 14.4. The summed E-state index contributed by atoms with van der Waals surface area (Å²) in [5.41, 5.74) is 1.03. The highest BCUT2D eigenvalue weighted by atomic mass is 32.1.